The Morgan fingerprint density at radius 1 is 1.58 bits per heavy atom. The summed E-state index contributed by atoms with van der Waals surface area (Å²) < 4.78 is 3.81. The fourth-order valence-corrected chi connectivity index (χ4v) is 2.84. The molecule has 5 heteroatoms. The quantitative estimate of drug-likeness (QED) is 0.533. The molecule has 0 aliphatic heterocycles. The van der Waals surface area contributed by atoms with Gasteiger partial charge in [0.2, 0.25) is 0 Å². The maximum Gasteiger partial charge on any atom is 0.165 e. The summed E-state index contributed by atoms with van der Waals surface area (Å²) in [5.74, 6) is 2.56. The van der Waals surface area contributed by atoms with Crippen LogP contribution in [0.15, 0.2) is 0 Å². The minimum Gasteiger partial charge on any atom is -0.258 e. The highest BCUT2D eigenvalue weighted by atomic mass is 35.7. The van der Waals surface area contributed by atoms with E-state index in [1.165, 1.54) is 0 Å². The Morgan fingerprint density at radius 2 is 2.08 bits per heavy atom. The molecule has 0 aliphatic carbocycles. The first-order valence-corrected chi connectivity index (χ1v) is 7.24. The van der Waals surface area contributed by atoms with Gasteiger partial charge in [-0.3, -0.25) is 4.67 Å². The molecule has 1 atom stereocenters. The third-order valence-corrected chi connectivity index (χ3v) is 6.81. The summed E-state index contributed by atoms with van der Waals surface area (Å²) >= 11 is 11.5. The van der Waals surface area contributed by atoms with E-state index in [1.54, 1.807) is 0 Å². The SMILES string of the molecule is C#CCN(CC)P(=S)(Cl)N(C)C. The average molecular weight is 225 g/mol. The third-order valence-electron chi connectivity index (χ3n) is 1.48. The first-order chi connectivity index (χ1) is 5.46. The van der Waals surface area contributed by atoms with Crippen LogP contribution in [0.4, 0.5) is 0 Å². The Labute approximate surface area is 84.8 Å². The van der Waals surface area contributed by atoms with Crippen LogP contribution in [0.3, 0.4) is 0 Å². The van der Waals surface area contributed by atoms with Gasteiger partial charge in [0, 0.05) is 6.54 Å². The molecule has 12 heavy (non-hydrogen) atoms. The molecule has 0 spiro atoms. The normalized spacial score (nSPS) is 16.1. The maximum absolute atomic E-state index is 6.20. The van der Waals surface area contributed by atoms with Crippen LogP contribution in [0, 0.1) is 12.3 Å². The van der Waals surface area contributed by atoms with Gasteiger partial charge in [-0.1, -0.05) is 24.1 Å². The molecule has 1 unspecified atom stereocenters. The van der Waals surface area contributed by atoms with Gasteiger partial charge in [-0.2, -0.15) is 0 Å². The van der Waals surface area contributed by atoms with E-state index in [2.05, 4.69) is 5.92 Å². The van der Waals surface area contributed by atoms with E-state index in [4.69, 9.17) is 29.5 Å². The van der Waals surface area contributed by atoms with Crippen molar-refractivity contribution in [2.75, 3.05) is 27.2 Å². The Bertz CT molecular complexity index is 224. The molecule has 0 N–H and O–H groups in total. The van der Waals surface area contributed by atoms with E-state index >= 15 is 0 Å². The second-order valence-electron chi connectivity index (χ2n) is 2.51. The van der Waals surface area contributed by atoms with E-state index in [0.717, 1.165) is 6.54 Å². The zero-order chi connectivity index (χ0) is 9.78. The molecule has 0 aromatic carbocycles. The molecule has 0 fully saturated rings. The van der Waals surface area contributed by atoms with Crippen molar-refractivity contribution in [3.05, 3.63) is 0 Å². The van der Waals surface area contributed by atoms with E-state index in [9.17, 15) is 0 Å². The van der Waals surface area contributed by atoms with Gasteiger partial charge in [-0.15, -0.1) is 6.42 Å². The lowest BCUT2D eigenvalue weighted by molar-refractivity contribution is 0.502. The molecule has 0 heterocycles. The van der Waals surface area contributed by atoms with Crippen molar-refractivity contribution in [3.8, 4) is 12.3 Å². The van der Waals surface area contributed by atoms with Gasteiger partial charge < -0.3 is 0 Å². The van der Waals surface area contributed by atoms with Crippen LogP contribution < -0.4 is 0 Å². The maximum atomic E-state index is 6.20. The van der Waals surface area contributed by atoms with Crippen LogP contribution in [0.1, 0.15) is 6.92 Å². The molecule has 70 valence electrons. The van der Waals surface area contributed by atoms with E-state index < -0.39 is 5.69 Å². The fourth-order valence-electron chi connectivity index (χ4n) is 0.732. The average Bonchev–Trinajstić information content (AvgIpc) is 1.99. The minimum atomic E-state index is -2.06. The van der Waals surface area contributed by atoms with Gasteiger partial charge in [0.05, 0.1) is 6.54 Å². The van der Waals surface area contributed by atoms with Gasteiger partial charge >= 0.3 is 0 Å². The summed E-state index contributed by atoms with van der Waals surface area (Å²) in [5, 5.41) is 0. The molecule has 0 rings (SSSR count). The fraction of sp³-hybridized carbons (Fsp3) is 0.714. The first kappa shape index (κ1) is 12.4. The van der Waals surface area contributed by atoms with E-state index in [0.29, 0.717) is 6.54 Å². The van der Waals surface area contributed by atoms with Crippen molar-refractivity contribution >= 4 is 28.7 Å². The number of hydrogen-bond donors (Lipinski definition) is 0. The lowest BCUT2D eigenvalue weighted by Crippen LogP contribution is -2.24. The summed E-state index contributed by atoms with van der Waals surface area (Å²) in [7, 11) is 3.76. The Balaban J connectivity index is 4.51. The van der Waals surface area contributed by atoms with Crippen molar-refractivity contribution in [1.82, 2.24) is 9.34 Å². The molecule has 0 bridgehead atoms. The monoisotopic (exact) mass is 224 g/mol. The van der Waals surface area contributed by atoms with Crippen LogP contribution in [-0.4, -0.2) is 36.5 Å². The van der Waals surface area contributed by atoms with Gasteiger partial charge in [0.1, 0.15) is 0 Å². The van der Waals surface area contributed by atoms with Gasteiger partial charge in [0.25, 0.3) is 0 Å². The Kier molecular flexibility index (Phi) is 5.40. The number of rotatable bonds is 4. The van der Waals surface area contributed by atoms with Gasteiger partial charge in [-0.05, 0) is 25.9 Å². The zero-order valence-electron chi connectivity index (χ0n) is 7.62. The van der Waals surface area contributed by atoms with Crippen LogP contribution in [0.25, 0.3) is 0 Å². The van der Waals surface area contributed by atoms with Crippen molar-refractivity contribution in [2.45, 2.75) is 6.92 Å². The molecule has 0 radical (unpaired) electrons. The minimum absolute atomic E-state index is 0.523. The summed E-state index contributed by atoms with van der Waals surface area (Å²) in [5.41, 5.74) is -2.06. The number of hydrogen-bond acceptors (Lipinski definition) is 1. The van der Waals surface area contributed by atoms with Crippen molar-refractivity contribution < 1.29 is 0 Å². The predicted octanol–water partition coefficient (Wildman–Crippen LogP) is 1.97. The summed E-state index contributed by atoms with van der Waals surface area (Å²) in [6.45, 7) is 3.32. The molecule has 0 aromatic rings. The molecule has 0 saturated heterocycles. The summed E-state index contributed by atoms with van der Waals surface area (Å²) in [6, 6.07) is 0. The lowest BCUT2D eigenvalue weighted by atomic mass is 10.6. The van der Waals surface area contributed by atoms with Crippen molar-refractivity contribution in [1.29, 1.82) is 0 Å². The largest absolute Gasteiger partial charge is 0.258 e. The summed E-state index contributed by atoms with van der Waals surface area (Å²) in [4.78, 5) is 0. The van der Waals surface area contributed by atoms with Crippen LogP contribution in [0.2, 0.25) is 0 Å². The molecule has 0 amide bonds. The van der Waals surface area contributed by atoms with Crippen molar-refractivity contribution in [3.63, 3.8) is 0 Å². The molecule has 0 aromatic heterocycles. The highest BCUT2D eigenvalue weighted by Gasteiger charge is 2.23. The second kappa shape index (κ2) is 5.21. The smallest absolute Gasteiger partial charge is 0.165 e. The van der Waals surface area contributed by atoms with Gasteiger partial charge in [-0.25, -0.2) is 4.67 Å². The van der Waals surface area contributed by atoms with Gasteiger partial charge in [0.15, 0.2) is 5.69 Å². The molecular formula is C7H14ClN2PS. The summed E-state index contributed by atoms with van der Waals surface area (Å²) in [6.07, 6.45) is 5.20. The number of halogens is 1. The van der Waals surface area contributed by atoms with E-state index in [-0.39, 0.29) is 0 Å². The number of terminal acetylenes is 1. The standard InChI is InChI=1S/C7H14ClN2PS/c1-5-7-10(6-2)11(8,12)9(3)4/h1H,6-7H2,2-4H3. The van der Waals surface area contributed by atoms with Crippen molar-refractivity contribution in [2.24, 2.45) is 0 Å². The topological polar surface area (TPSA) is 6.48 Å². The molecular weight excluding hydrogens is 211 g/mol. The number of nitrogens with zero attached hydrogens (tertiary/aromatic N) is 2. The highest BCUT2D eigenvalue weighted by Crippen LogP contribution is 2.56. The van der Waals surface area contributed by atoms with E-state index in [1.807, 2.05) is 30.4 Å². The zero-order valence-corrected chi connectivity index (χ0v) is 10.1. The highest BCUT2D eigenvalue weighted by molar-refractivity contribution is 8.24. The Hall–Kier alpha value is 0.420. The van der Waals surface area contributed by atoms with Crippen LogP contribution in [-0.2, 0) is 11.8 Å². The second-order valence-corrected chi connectivity index (χ2v) is 8.36. The molecule has 2 nitrogen and oxygen atoms in total. The molecule has 0 saturated carbocycles. The third kappa shape index (κ3) is 3.05. The predicted molar refractivity (Wildman–Crippen MR) is 59.9 cm³/mol. The Morgan fingerprint density at radius 3 is 2.33 bits per heavy atom. The van der Waals surface area contributed by atoms with Crippen LogP contribution >= 0.6 is 16.9 Å². The first-order valence-electron chi connectivity index (χ1n) is 3.63. The van der Waals surface area contributed by atoms with Crippen LogP contribution in [0.5, 0.6) is 0 Å². The lowest BCUT2D eigenvalue weighted by Gasteiger charge is -2.32. The molecule has 0 aliphatic rings.